The van der Waals surface area contributed by atoms with Gasteiger partial charge in [0.25, 0.3) is 0 Å². The first-order valence-electron chi connectivity index (χ1n) is 4.92. The lowest BCUT2D eigenvalue weighted by Crippen LogP contribution is -2.21. The van der Waals surface area contributed by atoms with E-state index in [1.165, 1.54) is 12.8 Å². The highest BCUT2D eigenvalue weighted by atomic mass is 16.3. The van der Waals surface area contributed by atoms with Gasteiger partial charge in [0.1, 0.15) is 5.82 Å². The molecular formula is C10H15N3O. The number of aliphatic hydroxyl groups excluding tert-OH is 1. The van der Waals surface area contributed by atoms with Crippen molar-refractivity contribution < 1.29 is 5.11 Å². The highest BCUT2D eigenvalue weighted by Crippen LogP contribution is 2.30. The van der Waals surface area contributed by atoms with Gasteiger partial charge in [0, 0.05) is 13.6 Å². The van der Waals surface area contributed by atoms with Crippen LogP contribution >= 0.6 is 0 Å². The van der Waals surface area contributed by atoms with Crippen molar-refractivity contribution in [2.75, 3.05) is 18.5 Å². The van der Waals surface area contributed by atoms with Gasteiger partial charge in [0.15, 0.2) is 0 Å². The summed E-state index contributed by atoms with van der Waals surface area (Å²) in [5, 5.41) is 8.92. The summed E-state index contributed by atoms with van der Waals surface area (Å²) in [4.78, 5) is 10.4. The minimum atomic E-state index is -0.0435. The maximum absolute atomic E-state index is 8.92. The summed E-state index contributed by atoms with van der Waals surface area (Å²) in [5.41, 5.74) is 0.630. The van der Waals surface area contributed by atoms with Crippen LogP contribution in [0.25, 0.3) is 0 Å². The molecule has 0 bridgehead atoms. The SMILES string of the molecule is CN(CC1CC1)c1cncc(CO)n1. The second-order valence-electron chi connectivity index (χ2n) is 3.85. The molecule has 0 unspecified atom stereocenters. The monoisotopic (exact) mass is 193 g/mol. The average Bonchev–Trinajstić information content (AvgIpc) is 3.02. The molecule has 0 spiro atoms. The topological polar surface area (TPSA) is 49.2 Å². The Morgan fingerprint density at radius 1 is 1.50 bits per heavy atom. The molecule has 0 amide bonds. The van der Waals surface area contributed by atoms with Gasteiger partial charge in [0.05, 0.1) is 24.7 Å². The molecule has 14 heavy (non-hydrogen) atoms. The molecule has 0 saturated heterocycles. The number of aromatic nitrogens is 2. The minimum Gasteiger partial charge on any atom is -0.390 e. The summed E-state index contributed by atoms with van der Waals surface area (Å²) in [5.74, 6) is 1.68. The van der Waals surface area contributed by atoms with Crippen LogP contribution in [0, 0.1) is 5.92 Å². The Hall–Kier alpha value is -1.16. The van der Waals surface area contributed by atoms with Gasteiger partial charge in [-0.3, -0.25) is 4.98 Å². The summed E-state index contributed by atoms with van der Waals surface area (Å²) in [6.45, 7) is 1.00. The van der Waals surface area contributed by atoms with Crippen molar-refractivity contribution in [2.24, 2.45) is 5.92 Å². The largest absolute Gasteiger partial charge is 0.390 e. The molecule has 1 aromatic rings. The van der Waals surface area contributed by atoms with Crippen molar-refractivity contribution in [3.8, 4) is 0 Å². The zero-order chi connectivity index (χ0) is 9.97. The number of hydrogen-bond donors (Lipinski definition) is 1. The fourth-order valence-electron chi connectivity index (χ4n) is 1.44. The molecule has 0 atom stereocenters. The number of aliphatic hydroxyl groups is 1. The normalized spacial score (nSPS) is 15.6. The van der Waals surface area contributed by atoms with E-state index in [0.717, 1.165) is 18.3 Å². The van der Waals surface area contributed by atoms with Gasteiger partial charge in [-0.25, -0.2) is 4.98 Å². The molecule has 1 saturated carbocycles. The molecule has 4 nitrogen and oxygen atoms in total. The summed E-state index contributed by atoms with van der Waals surface area (Å²) in [6.07, 6.45) is 5.99. The van der Waals surface area contributed by atoms with E-state index in [0.29, 0.717) is 5.69 Å². The van der Waals surface area contributed by atoms with E-state index in [1.807, 2.05) is 7.05 Å². The van der Waals surface area contributed by atoms with Gasteiger partial charge < -0.3 is 10.0 Å². The van der Waals surface area contributed by atoms with Crippen LogP contribution in [0.3, 0.4) is 0 Å². The summed E-state index contributed by atoms with van der Waals surface area (Å²) < 4.78 is 0. The molecule has 1 aliphatic carbocycles. The van der Waals surface area contributed by atoms with Gasteiger partial charge in [-0.15, -0.1) is 0 Å². The zero-order valence-electron chi connectivity index (χ0n) is 8.35. The van der Waals surface area contributed by atoms with Gasteiger partial charge in [-0.05, 0) is 18.8 Å². The Balaban J connectivity index is 2.05. The van der Waals surface area contributed by atoms with Crippen molar-refractivity contribution in [1.29, 1.82) is 0 Å². The molecule has 0 aliphatic heterocycles. The molecule has 4 heteroatoms. The Kier molecular flexibility index (Phi) is 2.63. The Bertz CT molecular complexity index is 312. The van der Waals surface area contributed by atoms with Crippen LogP contribution in [0.5, 0.6) is 0 Å². The highest BCUT2D eigenvalue weighted by molar-refractivity contribution is 5.35. The van der Waals surface area contributed by atoms with Gasteiger partial charge in [0.2, 0.25) is 0 Å². The Morgan fingerprint density at radius 3 is 2.93 bits per heavy atom. The average molecular weight is 193 g/mol. The van der Waals surface area contributed by atoms with Crippen molar-refractivity contribution in [1.82, 2.24) is 9.97 Å². The number of anilines is 1. The van der Waals surface area contributed by atoms with Crippen LogP contribution in [0.2, 0.25) is 0 Å². The third kappa shape index (κ3) is 2.20. The van der Waals surface area contributed by atoms with Crippen LogP contribution in [0.15, 0.2) is 12.4 Å². The molecule has 1 aromatic heterocycles. The molecule has 1 fully saturated rings. The Labute approximate surface area is 83.6 Å². The van der Waals surface area contributed by atoms with E-state index in [1.54, 1.807) is 12.4 Å². The van der Waals surface area contributed by atoms with E-state index in [9.17, 15) is 0 Å². The van der Waals surface area contributed by atoms with E-state index >= 15 is 0 Å². The number of hydrogen-bond acceptors (Lipinski definition) is 4. The lowest BCUT2D eigenvalue weighted by molar-refractivity contribution is 0.276. The summed E-state index contributed by atoms with van der Waals surface area (Å²) >= 11 is 0. The maximum atomic E-state index is 8.92. The van der Waals surface area contributed by atoms with E-state index < -0.39 is 0 Å². The first-order chi connectivity index (χ1) is 6.79. The van der Waals surface area contributed by atoms with Crippen LogP contribution in [0.1, 0.15) is 18.5 Å². The molecule has 0 radical (unpaired) electrons. The lowest BCUT2D eigenvalue weighted by Gasteiger charge is -2.17. The molecule has 0 aromatic carbocycles. The molecule has 76 valence electrons. The summed E-state index contributed by atoms with van der Waals surface area (Å²) in [6, 6.07) is 0. The van der Waals surface area contributed by atoms with Crippen molar-refractivity contribution >= 4 is 5.82 Å². The Morgan fingerprint density at radius 2 is 2.29 bits per heavy atom. The van der Waals surface area contributed by atoms with Gasteiger partial charge in [-0.1, -0.05) is 0 Å². The predicted octanol–water partition coefficient (Wildman–Crippen LogP) is 0.815. The van der Waals surface area contributed by atoms with Crippen molar-refractivity contribution in [3.05, 3.63) is 18.1 Å². The first kappa shape index (κ1) is 9.40. The van der Waals surface area contributed by atoms with Crippen molar-refractivity contribution in [2.45, 2.75) is 19.4 Å². The summed E-state index contributed by atoms with van der Waals surface area (Å²) in [7, 11) is 2.02. The third-order valence-electron chi connectivity index (χ3n) is 2.45. The quantitative estimate of drug-likeness (QED) is 0.769. The lowest BCUT2D eigenvalue weighted by atomic mass is 10.4. The number of nitrogens with zero attached hydrogens (tertiary/aromatic N) is 3. The molecule has 1 aliphatic rings. The van der Waals surface area contributed by atoms with E-state index in [2.05, 4.69) is 14.9 Å². The van der Waals surface area contributed by atoms with Crippen LogP contribution < -0.4 is 4.90 Å². The van der Waals surface area contributed by atoms with E-state index in [4.69, 9.17) is 5.11 Å². The minimum absolute atomic E-state index is 0.0435. The first-order valence-corrected chi connectivity index (χ1v) is 4.92. The fraction of sp³-hybridized carbons (Fsp3) is 0.600. The van der Waals surface area contributed by atoms with Crippen LogP contribution in [0.4, 0.5) is 5.82 Å². The molecular weight excluding hydrogens is 178 g/mol. The predicted molar refractivity (Wildman–Crippen MR) is 53.9 cm³/mol. The fourth-order valence-corrected chi connectivity index (χ4v) is 1.44. The van der Waals surface area contributed by atoms with Gasteiger partial charge in [-0.2, -0.15) is 0 Å². The highest BCUT2D eigenvalue weighted by Gasteiger charge is 2.23. The standard InChI is InChI=1S/C10H15N3O/c1-13(6-8-2-3-8)10-5-11-4-9(7-14)12-10/h4-5,8,14H,2-3,6-7H2,1H3. The van der Waals surface area contributed by atoms with Crippen LogP contribution in [-0.4, -0.2) is 28.7 Å². The second kappa shape index (κ2) is 3.92. The van der Waals surface area contributed by atoms with Gasteiger partial charge >= 0.3 is 0 Å². The molecule has 1 heterocycles. The smallest absolute Gasteiger partial charge is 0.147 e. The van der Waals surface area contributed by atoms with E-state index in [-0.39, 0.29) is 6.61 Å². The van der Waals surface area contributed by atoms with Crippen molar-refractivity contribution in [3.63, 3.8) is 0 Å². The second-order valence-corrected chi connectivity index (χ2v) is 3.85. The van der Waals surface area contributed by atoms with Crippen LogP contribution in [-0.2, 0) is 6.61 Å². The maximum Gasteiger partial charge on any atom is 0.147 e. The number of rotatable bonds is 4. The molecule has 2 rings (SSSR count). The zero-order valence-corrected chi connectivity index (χ0v) is 8.35. The molecule has 1 N–H and O–H groups in total. The third-order valence-corrected chi connectivity index (χ3v) is 2.45.